The molecule has 7 heteroatoms. The molecule has 0 amide bonds. The van der Waals surface area contributed by atoms with Gasteiger partial charge in [-0.15, -0.1) is 0 Å². The highest BCUT2D eigenvalue weighted by Gasteiger charge is 2.19. The number of ether oxygens (including phenoxy) is 4. The molecule has 7 nitrogen and oxygen atoms in total. The first kappa shape index (κ1) is 17.1. The predicted octanol–water partition coefficient (Wildman–Crippen LogP) is 1.84. The van der Waals surface area contributed by atoms with Gasteiger partial charge >= 0.3 is 5.97 Å². The van der Waals surface area contributed by atoms with E-state index < -0.39 is 5.97 Å². The van der Waals surface area contributed by atoms with Gasteiger partial charge in [-0.2, -0.15) is 4.89 Å². The summed E-state index contributed by atoms with van der Waals surface area (Å²) in [5.74, 6) is 0.435. The summed E-state index contributed by atoms with van der Waals surface area (Å²) in [6.07, 6.45) is -0.374. The van der Waals surface area contributed by atoms with Gasteiger partial charge in [0.25, 0.3) is 0 Å². The van der Waals surface area contributed by atoms with Crippen LogP contribution in [0, 0.1) is 0 Å². The van der Waals surface area contributed by atoms with Gasteiger partial charge in [-0.25, -0.2) is 4.79 Å². The molecule has 0 radical (unpaired) electrons. The highest BCUT2D eigenvalue weighted by Crippen LogP contribution is 2.38. The minimum Gasteiger partial charge on any atom is -0.493 e. The van der Waals surface area contributed by atoms with Crippen molar-refractivity contribution in [1.82, 2.24) is 0 Å². The first-order chi connectivity index (χ1) is 10.1. The Hall–Kier alpha value is -1.99. The number of rotatable bonds is 8. The Morgan fingerprint density at radius 3 is 2.05 bits per heavy atom. The Bertz CT molecular complexity index is 447. The summed E-state index contributed by atoms with van der Waals surface area (Å²) >= 11 is 0. The molecule has 0 spiro atoms. The third-order valence-corrected chi connectivity index (χ3v) is 2.59. The smallest absolute Gasteiger partial charge is 0.373 e. The summed E-state index contributed by atoms with van der Waals surface area (Å²) in [5, 5.41) is 0. The molecule has 0 N–H and O–H groups in total. The minimum absolute atomic E-state index is 0.217. The Labute approximate surface area is 123 Å². The first-order valence-electron chi connectivity index (χ1n) is 6.23. The van der Waals surface area contributed by atoms with Crippen LogP contribution < -0.4 is 14.2 Å². The maximum atomic E-state index is 11.9. The fourth-order valence-electron chi connectivity index (χ4n) is 1.64. The SMILES string of the molecule is COCC(C)OOC(=O)c1cc(OC)c(OC)c(OC)c1. The van der Waals surface area contributed by atoms with Gasteiger partial charge in [0.15, 0.2) is 11.5 Å². The van der Waals surface area contributed by atoms with Gasteiger partial charge in [0.05, 0.1) is 33.5 Å². The molecular formula is C14H20O7. The molecule has 0 fully saturated rings. The Balaban J connectivity index is 2.89. The minimum atomic E-state index is -0.669. The topological polar surface area (TPSA) is 72.5 Å². The van der Waals surface area contributed by atoms with Crippen molar-refractivity contribution in [3.63, 3.8) is 0 Å². The van der Waals surface area contributed by atoms with Crippen LogP contribution in [-0.2, 0) is 14.5 Å². The molecule has 1 aromatic rings. The number of hydrogen-bond acceptors (Lipinski definition) is 7. The lowest BCUT2D eigenvalue weighted by molar-refractivity contribution is -0.276. The van der Waals surface area contributed by atoms with E-state index in [0.717, 1.165) is 0 Å². The number of methoxy groups -OCH3 is 4. The summed E-state index contributed by atoms with van der Waals surface area (Å²) in [4.78, 5) is 21.6. The molecule has 0 aromatic heterocycles. The Morgan fingerprint density at radius 2 is 1.62 bits per heavy atom. The van der Waals surface area contributed by atoms with E-state index in [-0.39, 0.29) is 11.7 Å². The van der Waals surface area contributed by atoms with E-state index in [1.165, 1.54) is 40.6 Å². The van der Waals surface area contributed by atoms with Crippen LogP contribution in [-0.4, -0.2) is 47.1 Å². The molecule has 21 heavy (non-hydrogen) atoms. The molecule has 1 atom stereocenters. The molecule has 1 rings (SSSR count). The molecule has 0 aliphatic heterocycles. The zero-order valence-corrected chi connectivity index (χ0v) is 12.8. The lowest BCUT2D eigenvalue weighted by Gasteiger charge is -2.14. The van der Waals surface area contributed by atoms with Gasteiger partial charge in [0.1, 0.15) is 6.10 Å². The zero-order valence-electron chi connectivity index (χ0n) is 12.8. The number of benzene rings is 1. The maximum Gasteiger partial charge on any atom is 0.373 e. The van der Waals surface area contributed by atoms with Gasteiger partial charge in [-0.05, 0) is 19.1 Å². The lowest BCUT2D eigenvalue weighted by atomic mass is 10.2. The van der Waals surface area contributed by atoms with E-state index in [4.69, 9.17) is 28.7 Å². The van der Waals surface area contributed by atoms with E-state index in [1.807, 2.05) is 0 Å². The summed E-state index contributed by atoms with van der Waals surface area (Å²) < 4.78 is 20.4. The van der Waals surface area contributed by atoms with Crippen molar-refractivity contribution < 1.29 is 33.5 Å². The van der Waals surface area contributed by atoms with Gasteiger partial charge in [-0.3, -0.25) is 4.89 Å². The van der Waals surface area contributed by atoms with E-state index in [9.17, 15) is 4.79 Å². The molecule has 0 bridgehead atoms. The second kappa shape index (κ2) is 8.33. The van der Waals surface area contributed by atoms with Gasteiger partial charge in [0.2, 0.25) is 5.75 Å². The average molecular weight is 300 g/mol. The van der Waals surface area contributed by atoms with Gasteiger partial charge < -0.3 is 18.9 Å². The van der Waals surface area contributed by atoms with Crippen LogP contribution in [0.4, 0.5) is 0 Å². The highest BCUT2D eigenvalue weighted by molar-refractivity contribution is 5.90. The van der Waals surface area contributed by atoms with E-state index in [1.54, 1.807) is 6.92 Å². The normalized spacial score (nSPS) is 11.7. The number of hydrogen-bond donors (Lipinski definition) is 0. The molecule has 1 aromatic carbocycles. The van der Waals surface area contributed by atoms with Crippen LogP contribution in [0.25, 0.3) is 0 Å². The quantitative estimate of drug-likeness (QED) is 0.535. The average Bonchev–Trinajstić information content (AvgIpc) is 2.51. The van der Waals surface area contributed by atoms with Crippen molar-refractivity contribution in [3.05, 3.63) is 17.7 Å². The van der Waals surface area contributed by atoms with Crippen LogP contribution in [0.3, 0.4) is 0 Å². The molecule has 0 heterocycles. The molecule has 0 aliphatic carbocycles. The third kappa shape index (κ3) is 4.51. The Kier molecular flexibility index (Phi) is 6.77. The van der Waals surface area contributed by atoms with Crippen LogP contribution in [0.15, 0.2) is 12.1 Å². The molecule has 0 saturated carbocycles. The molecular weight excluding hydrogens is 280 g/mol. The summed E-state index contributed by atoms with van der Waals surface area (Å²) in [5.41, 5.74) is 0.217. The van der Waals surface area contributed by atoms with Crippen LogP contribution in [0.1, 0.15) is 17.3 Å². The molecule has 0 aliphatic rings. The zero-order chi connectivity index (χ0) is 15.8. The van der Waals surface area contributed by atoms with Crippen molar-refractivity contribution in [2.45, 2.75) is 13.0 Å². The van der Waals surface area contributed by atoms with Crippen molar-refractivity contribution in [2.24, 2.45) is 0 Å². The van der Waals surface area contributed by atoms with Crippen molar-refractivity contribution >= 4 is 5.97 Å². The summed E-state index contributed by atoms with van der Waals surface area (Å²) in [6.45, 7) is 2.02. The van der Waals surface area contributed by atoms with E-state index >= 15 is 0 Å². The van der Waals surface area contributed by atoms with Crippen LogP contribution in [0.2, 0.25) is 0 Å². The summed E-state index contributed by atoms with van der Waals surface area (Å²) in [6, 6.07) is 2.96. The second-order valence-corrected chi connectivity index (χ2v) is 4.15. The van der Waals surface area contributed by atoms with Crippen molar-refractivity contribution in [2.75, 3.05) is 35.0 Å². The first-order valence-corrected chi connectivity index (χ1v) is 6.23. The highest BCUT2D eigenvalue weighted by atomic mass is 17.2. The van der Waals surface area contributed by atoms with E-state index in [0.29, 0.717) is 23.9 Å². The fourth-order valence-corrected chi connectivity index (χ4v) is 1.64. The van der Waals surface area contributed by atoms with Gasteiger partial charge in [-0.1, -0.05) is 0 Å². The van der Waals surface area contributed by atoms with Crippen LogP contribution >= 0.6 is 0 Å². The Morgan fingerprint density at radius 1 is 1.05 bits per heavy atom. The standard InChI is InChI=1S/C14H20O7/c1-9(8-16-2)20-21-14(15)10-6-11(17-3)13(19-5)12(7-10)18-4/h6-7,9H,8H2,1-5H3. The second-order valence-electron chi connectivity index (χ2n) is 4.15. The number of carbonyl (C=O) groups is 1. The largest absolute Gasteiger partial charge is 0.493 e. The predicted molar refractivity (Wildman–Crippen MR) is 73.9 cm³/mol. The summed E-state index contributed by atoms with van der Waals surface area (Å²) in [7, 11) is 5.93. The maximum absolute atomic E-state index is 11.9. The van der Waals surface area contributed by atoms with Crippen molar-refractivity contribution in [3.8, 4) is 17.2 Å². The lowest BCUT2D eigenvalue weighted by Crippen LogP contribution is -2.18. The van der Waals surface area contributed by atoms with E-state index in [2.05, 4.69) is 0 Å². The molecule has 118 valence electrons. The van der Waals surface area contributed by atoms with Crippen LogP contribution in [0.5, 0.6) is 17.2 Å². The monoisotopic (exact) mass is 300 g/mol. The van der Waals surface area contributed by atoms with Gasteiger partial charge in [0, 0.05) is 7.11 Å². The van der Waals surface area contributed by atoms with Crippen molar-refractivity contribution in [1.29, 1.82) is 0 Å². The molecule has 0 saturated heterocycles. The number of carbonyl (C=O) groups excluding carboxylic acids is 1. The third-order valence-electron chi connectivity index (χ3n) is 2.59. The fraction of sp³-hybridized carbons (Fsp3) is 0.500. The molecule has 1 unspecified atom stereocenters.